The zero-order valence-electron chi connectivity index (χ0n) is 11.2. The van der Waals surface area contributed by atoms with Crippen molar-refractivity contribution in [2.75, 3.05) is 5.73 Å². The molecule has 0 aliphatic heterocycles. The van der Waals surface area contributed by atoms with Gasteiger partial charge < -0.3 is 15.0 Å². The molecular weight excluding hydrogens is 244 g/mol. The molecule has 0 amide bonds. The van der Waals surface area contributed by atoms with Crippen molar-refractivity contribution < 1.29 is 9.53 Å². The van der Waals surface area contributed by atoms with Crippen LogP contribution >= 0.6 is 0 Å². The van der Waals surface area contributed by atoms with Crippen LogP contribution in [-0.2, 0) is 16.1 Å². The van der Waals surface area contributed by atoms with E-state index in [1.807, 2.05) is 0 Å². The summed E-state index contributed by atoms with van der Waals surface area (Å²) in [5.41, 5.74) is 5.80. The van der Waals surface area contributed by atoms with Gasteiger partial charge in [-0.05, 0) is 31.2 Å². The average molecular weight is 264 g/mol. The van der Waals surface area contributed by atoms with E-state index in [1.54, 1.807) is 0 Å². The van der Waals surface area contributed by atoms with E-state index in [0.717, 1.165) is 19.3 Å². The second-order valence-electron chi connectivity index (χ2n) is 5.31. The minimum absolute atomic E-state index is 0.00647. The Balaban J connectivity index is 1.94. The summed E-state index contributed by atoms with van der Waals surface area (Å²) < 4.78 is 6.70. The molecule has 1 saturated carbocycles. The van der Waals surface area contributed by atoms with E-state index in [2.05, 4.69) is 6.92 Å². The number of carbonyl (C=O) groups is 1. The first kappa shape index (κ1) is 13.6. The maximum atomic E-state index is 11.8. The van der Waals surface area contributed by atoms with Crippen LogP contribution in [0.3, 0.4) is 0 Å². The SMILES string of the molecule is CC1CCCC(OC(=O)Cn2cc(N)ccc2=O)C1. The lowest BCUT2D eigenvalue weighted by atomic mass is 9.89. The van der Waals surface area contributed by atoms with Crippen LogP contribution in [0.2, 0.25) is 0 Å². The lowest BCUT2D eigenvalue weighted by Gasteiger charge is -2.26. The largest absolute Gasteiger partial charge is 0.461 e. The van der Waals surface area contributed by atoms with Gasteiger partial charge in [-0.2, -0.15) is 0 Å². The van der Waals surface area contributed by atoms with E-state index in [0.29, 0.717) is 11.6 Å². The Morgan fingerprint density at radius 3 is 3.00 bits per heavy atom. The normalized spacial score (nSPS) is 23.0. The molecule has 104 valence electrons. The van der Waals surface area contributed by atoms with Crippen molar-refractivity contribution in [1.82, 2.24) is 4.57 Å². The number of ether oxygens (including phenoxy) is 1. The molecule has 19 heavy (non-hydrogen) atoms. The van der Waals surface area contributed by atoms with Crippen LogP contribution in [0.4, 0.5) is 5.69 Å². The van der Waals surface area contributed by atoms with Crippen LogP contribution in [0.5, 0.6) is 0 Å². The van der Waals surface area contributed by atoms with Gasteiger partial charge in [0.15, 0.2) is 0 Å². The topological polar surface area (TPSA) is 74.3 Å². The van der Waals surface area contributed by atoms with Crippen molar-refractivity contribution >= 4 is 11.7 Å². The first-order chi connectivity index (χ1) is 9.04. The molecule has 1 aromatic heterocycles. The van der Waals surface area contributed by atoms with Crippen molar-refractivity contribution in [2.24, 2.45) is 5.92 Å². The molecule has 1 aromatic rings. The molecule has 0 radical (unpaired) electrons. The van der Waals surface area contributed by atoms with Crippen molar-refractivity contribution in [3.63, 3.8) is 0 Å². The van der Waals surface area contributed by atoms with E-state index in [1.165, 1.54) is 29.3 Å². The van der Waals surface area contributed by atoms with Crippen molar-refractivity contribution in [2.45, 2.75) is 45.3 Å². The average Bonchev–Trinajstić information content (AvgIpc) is 2.34. The van der Waals surface area contributed by atoms with Gasteiger partial charge in [-0.3, -0.25) is 9.59 Å². The molecular formula is C14H20N2O3. The third-order valence-corrected chi connectivity index (χ3v) is 3.49. The molecule has 0 saturated heterocycles. The fourth-order valence-electron chi connectivity index (χ4n) is 2.52. The molecule has 2 atom stereocenters. The molecule has 1 aliphatic rings. The van der Waals surface area contributed by atoms with Crippen LogP contribution in [0.25, 0.3) is 0 Å². The number of nitrogens with two attached hydrogens (primary N) is 1. The van der Waals surface area contributed by atoms with Gasteiger partial charge in [0, 0.05) is 18.0 Å². The number of hydrogen-bond acceptors (Lipinski definition) is 4. The van der Waals surface area contributed by atoms with Crippen LogP contribution in [0.1, 0.15) is 32.6 Å². The van der Waals surface area contributed by atoms with Crippen LogP contribution in [0.15, 0.2) is 23.1 Å². The number of pyridine rings is 1. The number of anilines is 1. The number of rotatable bonds is 3. The minimum Gasteiger partial charge on any atom is -0.461 e. The summed E-state index contributed by atoms with van der Waals surface area (Å²) >= 11 is 0. The molecule has 2 unspecified atom stereocenters. The molecule has 1 aliphatic carbocycles. The highest BCUT2D eigenvalue weighted by atomic mass is 16.5. The Labute approximate surface area is 112 Å². The first-order valence-corrected chi connectivity index (χ1v) is 6.70. The van der Waals surface area contributed by atoms with Gasteiger partial charge in [-0.15, -0.1) is 0 Å². The summed E-state index contributed by atoms with van der Waals surface area (Å²) in [5.74, 6) is 0.230. The predicted octanol–water partition coefficient (Wildman–Crippen LogP) is 1.55. The number of nitrogens with zero attached hydrogens (tertiary/aromatic N) is 1. The quantitative estimate of drug-likeness (QED) is 0.841. The fraction of sp³-hybridized carbons (Fsp3) is 0.571. The van der Waals surface area contributed by atoms with Crippen LogP contribution in [0, 0.1) is 5.92 Å². The maximum Gasteiger partial charge on any atom is 0.326 e. The van der Waals surface area contributed by atoms with E-state index in [9.17, 15) is 9.59 Å². The molecule has 0 bridgehead atoms. The van der Waals surface area contributed by atoms with Gasteiger partial charge in [0.1, 0.15) is 12.6 Å². The Bertz CT molecular complexity index is 510. The van der Waals surface area contributed by atoms with Crippen molar-refractivity contribution in [1.29, 1.82) is 0 Å². The summed E-state index contributed by atoms with van der Waals surface area (Å²) in [6.45, 7) is 2.09. The van der Waals surface area contributed by atoms with Gasteiger partial charge >= 0.3 is 5.97 Å². The Morgan fingerprint density at radius 1 is 1.47 bits per heavy atom. The fourth-order valence-corrected chi connectivity index (χ4v) is 2.52. The Morgan fingerprint density at radius 2 is 2.26 bits per heavy atom. The number of nitrogen functional groups attached to an aromatic ring is 1. The monoisotopic (exact) mass is 264 g/mol. The van der Waals surface area contributed by atoms with Crippen LogP contribution in [-0.4, -0.2) is 16.6 Å². The van der Waals surface area contributed by atoms with Crippen molar-refractivity contribution in [3.05, 3.63) is 28.7 Å². The van der Waals surface area contributed by atoms with Crippen molar-refractivity contribution in [3.8, 4) is 0 Å². The molecule has 5 heteroatoms. The number of aromatic nitrogens is 1. The molecule has 1 fully saturated rings. The highest BCUT2D eigenvalue weighted by Crippen LogP contribution is 2.25. The second-order valence-corrected chi connectivity index (χ2v) is 5.31. The number of esters is 1. The Hall–Kier alpha value is -1.78. The molecule has 0 spiro atoms. The Kier molecular flexibility index (Phi) is 4.24. The standard InChI is InChI=1S/C14H20N2O3/c1-10-3-2-4-12(7-10)19-14(18)9-16-8-11(15)5-6-13(16)17/h5-6,8,10,12H,2-4,7,9,15H2,1H3. The number of carbonyl (C=O) groups excluding carboxylic acids is 1. The molecule has 0 aromatic carbocycles. The number of hydrogen-bond donors (Lipinski definition) is 1. The maximum absolute atomic E-state index is 11.8. The third-order valence-electron chi connectivity index (χ3n) is 3.49. The highest BCUT2D eigenvalue weighted by Gasteiger charge is 2.22. The third kappa shape index (κ3) is 3.84. The van der Waals surface area contributed by atoms with Gasteiger partial charge in [-0.25, -0.2) is 0 Å². The minimum atomic E-state index is -0.369. The van der Waals surface area contributed by atoms with E-state index < -0.39 is 0 Å². The smallest absolute Gasteiger partial charge is 0.326 e. The molecule has 1 heterocycles. The van der Waals surface area contributed by atoms with Gasteiger partial charge in [0.05, 0.1) is 0 Å². The summed E-state index contributed by atoms with van der Waals surface area (Å²) in [7, 11) is 0. The second kappa shape index (κ2) is 5.91. The summed E-state index contributed by atoms with van der Waals surface area (Å²) in [4.78, 5) is 23.4. The zero-order valence-corrected chi connectivity index (χ0v) is 11.2. The molecule has 2 rings (SSSR count). The zero-order chi connectivity index (χ0) is 13.8. The predicted molar refractivity (Wildman–Crippen MR) is 72.6 cm³/mol. The highest BCUT2D eigenvalue weighted by molar-refractivity contribution is 5.69. The lowest BCUT2D eigenvalue weighted by molar-refractivity contribution is -0.152. The summed E-state index contributed by atoms with van der Waals surface area (Å²) in [6, 6.07) is 2.87. The van der Waals surface area contributed by atoms with E-state index >= 15 is 0 Å². The first-order valence-electron chi connectivity index (χ1n) is 6.70. The van der Waals surface area contributed by atoms with Crippen LogP contribution < -0.4 is 11.3 Å². The summed E-state index contributed by atoms with van der Waals surface area (Å²) in [5, 5.41) is 0. The van der Waals surface area contributed by atoms with Gasteiger partial charge in [0.25, 0.3) is 5.56 Å². The lowest BCUT2D eigenvalue weighted by Crippen LogP contribution is -2.29. The molecule has 2 N–H and O–H groups in total. The summed E-state index contributed by atoms with van der Waals surface area (Å²) in [6.07, 6.45) is 5.58. The van der Waals surface area contributed by atoms with E-state index in [-0.39, 0.29) is 24.2 Å². The van der Waals surface area contributed by atoms with E-state index in [4.69, 9.17) is 10.5 Å². The molecule has 5 nitrogen and oxygen atoms in total. The van der Waals surface area contributed by atoms with Gasteiger partial charge in [-0.1, -0.05) is 13.3 Å². The van der Waals surface area contributed by atoms with Gasteiger partial charge in [0.2, 0.25) is 0 Å².